The first kappa shape index (κ1) is 26.0. The van der Waals surface area contributed by atoms with Gasteiger partial charge in [0.15, 0.2) is 0 Å². The molecule has 12 heteroatoms. The highest BCUT2D eigenvalue weighted by Gasteiger charge is 2.35. The molecule has 39 heavy (non-hydrogen) atoms. The number of nitrogens with one attached hydrogen (secondary N) is 1. The summed E-state index contributed by atoms with van der Waals surface area (Å²) in [7, 11) is 0. The monoisotopic (exact) mass is 541 g/mol. The number of hydrogen-bond acceptors (Lipinski definition) is 4. The SMILES string of the molecule is C[C@H](O)c1ccn2c(NC(=O)c3ccc(C(F)(F)F)c(-c4ccn(C(F)F)n4)c3)c(-c3ccccc3)nc2c1. The van der Waals surface area contributed by atoms with Gasteiger partial charge in [-0.2, -0.15) is 27.1 Å². The minimum absolute atomic E-state index is 0.154. The summed E-state index contributed by atoms with van der Waals surface area (Å²) in [6, 6.07) is 16.0. The van der Waals surface area contributed by atoms with Crippen molar-refractivity contribution in [3.05, 3.63) is 95.8 Å². The highest BCUT2D eigenvalue weighted by atomic mass is 19.4. The highest BCUT2D eigenvalue weighted by molar-refractivity contribution is 6.06. The van der Waals surface area contributed by atoms with Crippen LogP contribution < -0.4 is 5.32 Å². The smallest absolute Gasteiger partial charge is 0.389 e. The van der Waals surface area contributed by atoms with E-state index in [1.54, 1.807) is 53.9 Å². The summed E-state index contributed by atoms with van der Waals surface area (Å²) in [5.41, 5.74) is -0.0625. The van der Waals surface area contributed by atoms with Crippen LogP contribution in [-0.4, -0.2) is 30.2 Å². The third-order valence-electron chi connectivity index (χ3n) is 6.08. The van der Waals surface area contributed by atoms with Gasteiger partial charge in [0, 0.05) is 29.1 Å². The van der Waals surface area contributed by atoms with Crippen LogP contribution in [0, 0.1) is 0 Å². The molecule has 0 radical (unpaired) electrons. The third-order valence-corrected chi connectivity index (χ3v) is 6.08. The van der Waals surface area contributed by atoms with Crippen molar-refractivity contribution >= 4 is 17.4 Å². The van der Waals surface area contributed by atoms with Crippen LogP contribution in [0.2, 0.25) is 0 Å². The Morgan fingerprint density at radius 2 is 1.74 bits per heavy atom. The Kier molecular flexibility index (Phi) is 6.64. The number of aromatic nitrogens is 4. The molecule has 0 aliphatic heterocycles. The Morgan fingerprint density at radius 3 is 2.38 bits per heavy atom. The third kappa shape index (κ3) is 5.10. The lowest BCUT2D eigenvalue weighted by molar-refractivity contribution is -0.137. The van der Waals surface area contributed by atoms with Crippen LogP contribution in [0.4, 0.5) is 27.8 Å². The predicted molar refractivity (Wildman–Crippen MR) is 133 cm³/mol. The van der Waals surface area contributed by atoms with Crippen molar-refractivity contribution < 1.29 is 31.9 Å². The molecule has 3 heterocycles. The number of pyridine rings is 1. The van der Waals surface area contributed by atoms with Crippen LogP contribution in [0.3, 0.4) is 0 Å². The molecule has 0 aliphatic rings. The van der Waals surface area contributed by atoms with Gasteiger partial charge in [0.25, 0.3) is 5.91 Å². The number of fused-ring (bicyclic) bond motifs is 1. The maximum Gasteiger partial charge on any atom is 0.417 e. The predicted octanol–water partition coefficient (Wildman–Crippen LogP) is 6.58. The van der Waals surface area contributed by atoms with Crippen molar-refractivity contribution in [2.45, 2.75) is 25.8 Å². The van der Waals surface area contributed by atoms with Crippen molar-refractivity contribution in [1.82, 2.24) is 19.2 Å². The summed E-state index contributed by atoms with van der Waals surface area (Å²) < 4.78 is 69.0. The van der Waals surface area contributed by atoms with Gasteiger partial charge < -0.3 is 10.4 Å². The number of anilines is 1. The Morgan fingerprint density at radius 1 is 1.00 bits per heavy atom. The number of rotatable bonds is 6. The molecule has 7 nitrogen and oxygen atoms in total. The number of amides is 1. The molecule has 0 unspecified atom stereocenters. The first-order valence-corrected chi connectivity index (χ1v) is 11.6. The fourth-order valence-electron chi connectivity index (χ4n) is 4.15. The van der Waals surface area contributed by atoms with E-state index in [1.165, 1.54) is 0 Å². The lowest BCUT2D eigenvalue weighted by Crippen LogP contribution is -2.16. The minimum atomic E-state index is -4.82. The summed E-state index contributed by atoms with van der Waals surface area (Å²) in [5.74, 6) is -0.501. The number of aliphatic hydroxyl groups excluding tert-OH is 1. The average Bonchev–Trinajstić information content (AvgIpc) is 3.54. The lowest BCUT2D eigenvalue weighted by atomic mass is 10.0. The number of halogens is 5. The first-order chi connectivity index (χ1) is 18.5. The number of nitrogens with zero attached hydrogens (tertiary/aromatic N) is 4. The van der Waals surface area contributed by atoms with Crippen molar-refractivity contribution in [2.24, 2.45) is 0 Å². The second-order valence-corrected chi connectivity index (χ2v) is 8.71. The van der Waals surface area contributed by atoms with E-state index in [0.717, 1.165) is 24.4 Å². The largest absolute Gasteiger partial charge is 0.417 e. The van der Waals surface area contributed by atoms with Crippen LogP contribution in [0.25, 0.3) is 28.2 Å². The van der Waals surface area contributed by atoms with Crippen LogP contribution in [-0.2, 0) is 6.18 Å². The maximum absolute atomic E-state index is 13.7. The molecular weight excluding hydrogens is 521 g/mol. The fourth-order valence-corrected chi connectivity index (χ4v) is 4.15. The highest BCUT2D eigenvalue weighted by Crippen LogP contribution is 2.38. The molecule has 1 amide bonds. The molecule has 0 aliphatic carbocycles. The van der Waals surface area contributed by atoms with Crippen LogP contribution >= 0.6 is 0 Å². The van der Waals surface area contributed by atoms with E-state index in [2.05, 4.69) is 15.4 Å². The van der Waals surface area contributed by atoms with E-state index in [9.17, 15) is 31.9 Å². The van der Waals surface area contributed by atoms with Crippen LogP contribution in [0.5, 0.6) is 0 Å². The zero-order valence-electron chi connectivity index (χ0n) is 20.2. The maximum atomic E-state index is 13.7. The molecule has 200 valence electrons. The molecule has 5 aromatic rings. The van der Waals surface area contributed by atoms with Gasteiger partial charge in [0.05, 0.1) is 17.4 Å². The summed E-state index contributed by atoms with van der Waals surface area (Å²) in [6.45, 7) is -1.44. The van der Waals surface area contributed by atoms with E-state index in [-0.39, 0.29) is 21.8 Å². The quantitative estimate of drug-likeness (QED) is 0.238. The summed E-state index contributed by atoms with van der Waals surface area (Å²) in [4.78, 5) is 18.0. The number of carbonyl (C=O) groups is 1. The fraction of sp³-hybridized carbons (Fsp3) is 0.148. The van der Waals surface area contributed by atoms with Crippen LogP contribution in [0.15, 0.2) is 79.1 Å². The first-order valence-electron chi connectivity index (χ1n) is 11.6. The van der Waals surface area contributed by atoms with Gasteiger partial charge in [-0.15, -0.1) is 0 Å². The Bertz CT molecular complexity index is 1660. The zero-order chi connectivity index (χ0) is 27.9. The Balaban J connectivity index is 1.59. The van der Waals surface area contributed by atoms with Gasteiger partial charge in [-0.25, -0.2) is 9.67 Å². The van der Waals surface area contributed by atoms with E-state index in [4.69, 9.17) is 0 Å². The van der Waals surface area contributed by atoms with Gasteiger partial charge in [-0.05, 0) is 48.9 Å². The minimum Gasteiger partial charge on any atom is -0.389 e. The number of alkyl halides is 5. The van der Waals surface area contributed by atoms with E-state index >= 15 is 0 Å². The molecule has 2 N–H and O–H groups in total. The van der Waals surface area contributed by atoms with Gasteiger partial charge >= 0.3 is 12.7 Å². The van der Waals surface area contributed by atoms with Gasteiger partial charge in [-0.3, -0.25) is 9.20 Å². The van der Waals surface area contributed by atoms with Gasteiger partial charge in [-0.1, -0.05) is 30.3 Å². The lowest BCUT2D eigenvalue weighted by Gasteiger charge is -2.14. The standard InChI is InChI=1S/C27H20F5N5O2/c1-15(38)17-9-11-36-22(14-17)33-23(16-5-3-2-4-6-16)24(36)34-25(39)18-7-8-20(27(30,31)32)19(13-18)21-10-12-37(35-21)26(28)29/h2-15,26,38H,1H3,(H,34,39)/t15-/m0/s1. The van der Waals surface area contributed by atoms with Gasteiger partial charge in [0.2, 0.25) is 0 Å². The van der Waals surface area contributed by atoms with E-state index in [0.29, 0.717) is 28.5 Å². The number of carbonyl (C=O) groups excluding carboxylic acids is 1. The molecule has 5 rings (SSSR count). The molecule has 0 saturated heterocycles. The second-order valence-electron chi connectivity index (χ2n) is 8.71. The average molecular weight is 541 g/mol. The summed E-state index contributed by atoms with van der Waals surface area (Å²) in [6.07, 6.45) is -3.10. The summed E-state index contributed by atoms with van der Waals surface area (Å²) >= 11 is 0. The number of aliphatic hydroxyl groups is 1. The van der Waals surface area contributed by atoms with Crippen molar-refractivity contribution in [3.63, 3.8) is 0 Å². The zero-order valence-corrected chi connectivity index (χ0v) is 20.2. The number of benzene rings is 2. The topological polar surface area (TPSA) is 84.5 Å². The molecule has 0 fully saturated rings. The second kappa shape index (κ2) is 9.95. The normalized spacial score (nSPS) is 12.7. The molecule has 0 saturated carbocycles. The van der Waals surface area contributed by atoms with Crippen molar-refractivity contribution in [2.75, 3.05) is 5.32 Å². The molecule has 3 aromatic heterocycles. The van der Waals surface area contributed by atoms with E-state index < -0.39 is 35.9 Å². The van der Waals surface area contributed by atoms with E-state index in [1.807, 2.05) is 6.07 Å². The van der Waals surface area contributed by atoms with Gasteiger partial charge in [0.1, 0.15) is 17.2 Å². The number of hydrogen-bond donors (Lipinski definition) is 2. The molecule has 1 atom stereocenters. The molecule has 0 spiro atoms. The number of imidazole rings is 1. The molecule has 0 bridgehead atoms. The Hall–Kier alpha value is -4.58. The Labute approximate surface area is 218 Å². The molecular formula is C27H20F5N5O2. The van der Waals surface area contributed by atoms with Crippen molar-refractivity contribution in [3.8, 4) is 22.5 Å². The summed E-state index contributed by atoms with van der Waals surface area (Å²) in [5, 5.41) is 16.2. The van der Waals surface area contributed by atoms with Crippen LogP contribution in [0.1, 0.15) is 41.1 Å². The molecule has 2 aromatic carbocycles. The van der Waals surface area contributed by atoms with Crippen molar-refractivity contribution in [1.29, 1.82) is 0 Å².